The fraction of sp³-hybridized carbons (Fsp3) is 0.200. The maximum absolute atomic E-state index is 13.5. The van der Waals surface area contributed by atoms with Crippen molar-refractivity contribution in [1.29, 1.82) is 0 Å². The molecule has 0 fully saturated rings. The lowest BCUT2D eigenvalue weighted by molar-refractivity contribution is 0.281. The minimum atomic E-state index is -0.299. The number of fused-ring (bicyclic) bond motifs is 1. The molecule has 1 aliphatic rings. The molecule has 0 spiro atoms. The molecule has 2 aromatic carbocycles. The smallest absolute Gasteiger partial charge is 0.125 e. The minimum absolute atomic E-state index is 0.133. The van der Waals surface area contributed by atoms with Gasteiger partial charge in [-0.25, -0.2) is 4.39 Å². The number of aliphatic hydroxyl groups excluding tert-OH is 1. The first-order valence-electron chi connectivity index (χ1n) is 5.98. The van der Waals surface area contributed by atoms with E-state index in [1.54, 1.807) is 0 Å². The van der Waals surface area contributed by atoms with Crippen LogP contribution in [0.3, 0.4) is 0 Å². The number of rotatable bonds is 2. The van der Waals surface area contributed by atoms with Crippen LogP contribution in [0.1, 0.15) is 16.7 Å². The van der Waals surface area contributed by atoms with Crippen LogP contribution < -0.4 is 4.90 Å². The zero-order chi connectivity index (χ0) is 12.5. The van der Waals surface area contributed by atoms with Crippen LogP contribution in [0, 0.1) is 5.82 Å². The van der Waals surface area contributed by atoms with Gasteiger partial charge in [0.25, 0.3) is 0 Å². The predicted molar refractivity (Wildman–Crippen MR) is 68.7 cm³/mol. The minimum Gasteiger partial charge on any atom is -0.392 e. The summed E-state index contributed by atoms with van der Waals surface area (Å²) in [5.41, 5.74) is 4.01. The van der Waals surface area contributed by atoms with E-state index in [4.69, 9.17) is 5.11 Å². The number of anilines is 1. The van der Waals surface area contributed by atoms with Crippen LogP contribution in [0.4, 0.5) is 10.1 Å². The Morgan fingerprint density at radius 3 is 2.33 bits per heavy atom. The summed E-state index contributed by atoms with van der Waals surface area (Å²) in [4.78, 5) is 2.12. The summed E-state index contributed by atoms with van der Waals surface area (Å²) in [6, 6.07) is 13.0. The first-order valence-corrected chi connectivity index (χ1v) is 5.98. The van der Waals surface area contributed by atoms with Gasteiger partial charge in [0, 0.05) is 18.8 Å². The van der Waals surface area contributed by atoms with Gasteiger partial charge < -0.3 is 10.0 Å². The van der Waals surface area contributed by atoms with Crippen molar-refractivity contribution in [1.82, 2.24) is 0 Å². The first kappa shape index (κ1) is 11.2. The monoisotopic (exact) mass is 243 g/mol. The largest absolute Gasteiger partial charge is 0.392 e. The van der Waals surface area contributed by atoms with E-state index in [0.717, 1.165) is 18.8 Å². The summed E-state index contributed by atoms with van der Waals surface area (Å²) in [6.45, 7) is 1.46. The molecule has 1 aliphatic heterocycles. The number of hydrogen-bond donors (Lipinski definition) is 1. The Morgan fingerprint density at radius 1 is 1.06 bits per heavy atom. The summed E-state index contributed by atoms with van der Waals surface area (Å²) in [5.74, 6) is -0.299. The third-order valence-electron chi connectivity index (χ3n) is 3.33. The lowest BCUT2D eigenvalue weighted by Crippen LogP contribution is -2.14. The molecule has 0 aliphatic carbocycles. The molecule has 0 amide bonds. The van der Waals surface area contributed by atoms with Gasteiger partial charge in [-0.05, 0) is 34.9 Å². The summed E-state index contributed by atoms with van der Waals surface area (Å²) in [5, 5.41) is 9.12. The average Bonchev–Trinajstić information content (AvgIpc) is 2.81. The number of halogens is 1. The van der Waals surface area contributed by atoms with E-state index >= 15 is 0 Å². The van der Waals surface area contributed by atoms with Crippen molar-refractivity contribution in [2.45, 2.75) is 19.7 Å². The lowest BCUT2D eigenvalue weighted by atomic mass is 10.1. The van der Waals surface area contributed by atoms with Gasteiger partial charge in [-0.3, -0.25) is 0 Å². The molecular formula is C15H14FNO. The molecule has 0 bridgehead atoms. The van der Waals surface area contributed by atoms with E-state index < -0.39 is 0 Å². The highest BCUT2D eigenvalue weighted by molar-refractivity contribution is 5.53. The van der Waals surface area contributed by atoms with Gasteiger partial charge >= 0.3 is 0 Å². The number of benzene rings is 2. The number of nitrogens with zero attached hydrogens (tertiary/aromatic N) is 1. The zero-order valence-corrected chi connectivity index (χ0v) is 9.94. The maximum atomic E-state index is 13.5. The van der Waals surface area contributed by atoms with Crippen LogP contribution in [-0.4, -0.2) is 5.11 Å². The molecule has 3 rings (SSSR count). The molecule has 0 saturated heterocycles. The van der Waals surface area contributed by atoms with Crippen molar-refractivity contribution >= 4 is 5.69 Å². The summed E-state index contributed by atoms with van der Waals surface area (Å²) < 4.78 is 13.5. The second-order valence-corrected chi connectivity index (χ2v) is 4.60. The Bertz CT molecular complexity index is 557. The van der Waals surface area contributed by atoms with Crippen LogP contribution >= 0.6 is 0 Å². The van der Waals surface area contributed by atoms with Gasteiger partial charge in [0.15, 0.2) is 0 Å². The van der Waals surface area contributed by atoms with Crippen molar-refractivity contribution in [2.75, 3.05) is 4.90 Å². The van der Waals surface area contributed by atoms with Crippen molar-refractivity contribution in [3.8, 4) is 0 Å². The molecule has 2 aromatic rings. The van der Waals surface area contributed by atoms with E-state index in [0.29, 0.717) is 5.56 Å². The van der Waals surface area contributed by atoms with Crippen LogP contribution in [0.2, 0.25) is 0 Å². The third-order valence-corrected chi connectivity index (χ3v) is 3.33. The van der Waals surface area contributed by atoms with E-state index in [1.807, 2.05) is 18.2 Å². The molecule has 2 nitrogen and oxygen atoms in total. The predicted octanol–water partition coefficient (Wildman–Crippen LogP) is 2.84. The second kappa shape index (κ2) is 4.42. The second-order valence-electron chi connectivity index (χ2n) is 4.60. The quantitative estimate of drug-likeness (QED) is 0.876. The van der Waals surface area contributed by atoms with Crippen LogP contribution in [0.5, 0.6) is 0 Å². The van der Waals surface area contributed by atoms with Gasteiger partial charge in [-0.15, -0.1) is 0 Å². The van der Waals surface area contributed by atoms with Crippen LogP contribution in [0.15, 0.2) is 42.5 Å². The molecule has 18 heavy (non-hydrogen) atoms. The van der Waals surface area contributed by atoms with Gasteiger partial charge in [0.05, 0.1) is 6.61 Å². The van der Waals surface area contributed by atoms with Crippen LogP contribution in [0.25, 0.3) is 0 Å². The summed E-state index contributed by atoms with van der Waals surface area (Å²) >= 11 is 0. The fourth-order valence-corrected chi connectivity index (χ4v) is 2.42. The Labute approximate surface area is 105 Å². The van der Waals surface area contributed by atoms with Gasteiger partial charge in [0.2, 0.25) is 0 Å². The molecule has 0 unspecified atom stereocenters. The van der Waals surface area contributed by atoms with Crippen molar-refractivity contribution in [3.05, 3.63) is 65.0 Å². The Kier molecular flexibility index (Phi) is 2.76. The molecule has 0 radical (unpaired) electrons. The Hall–Kier alpha value is -1.87. The topological polar surface area (TPSA) is 23.5 Å². The van der Waals surface area contributed by atoms with E-state index in [-0.39, 0.29) is 12.4 Å². The van der Waals surface area contributed by atoms with Crippen molar-refractivity contribution in [2.24, 2.45) is 0 Å². The highest BCUT2D eigenvalue weighted by atomic mass is 19.1. The molecule has 92 valence electrons. The lowest BCUT2D eigenvalue weighted by Gasteiger charge is -2.18. The maximum Gasteiger partial charge on any atom is 0.125 e. The number of aliphatic hydroxyl groups is 1. The number of hydrogen-bond acceptors (Lipinski definition) is 2. The molecule has 0 aromatic heterocycles. The molecule has 1 heterocycles. The SMILES string of the molecule is OCc1cc(F)cc(N2Cc3ccccc3C2)c1. The summed E-state index contributed by atoms with van der Waals surface area (Å²) in [7, 11) is 0. The van der Waals surface area contributed by atoms with Gasteiger partial charge in [-0.2, -0.15) is 0 Å². The normalized spacial score (nSPS) is 13.8. The highest BCUT2D eigenvalue weighted by Crippen LogP contribution is 2.29. The molecule has 0 atom stereocenters. The first-order chi connectivity index (χ1) is 8.76. The molecular weight excluding hydrogens is 229 g/mol. The van der Waals surface area contributed by atoms with Gasteiger partial charge in [0.1, 0.15) is 5.82 Å². The zero-order valence-electron chi connectivity index (χ0n) is 9.94. The van der Waals surface area contributed by atoms with Crippen LogP contribution in [-0.2, 0) is 19.7 Å². The third kappa shape index (κ3) is 1.97. The standard InChI is InChI=1S/C15H14FNO/c16-14-5-11(10-18)6-15(7-14)17-8-12-3-1-2-4-13(12)9-17/h1-7,18H,8-10H2. The Morgan fingerprint density at radius 2 is 1.72 bits per heavy atom. The highest BCUT2D eigenvalue weighted by Gasteiger charge is 2.19. The molecule has 3 heteroatoms. The van der Waals surface area contributed by atoms with Crippen molar-refractivity contribution in [3.63, 3.8) is 0 Å². The van der Waals surface area contributed by atoms with E-state index in [9.17, 15) is 4.39 Å². The molecule has 0 saturated carbocycles. The van der Waals surface area contributed by atoms with Gasteiger partial charge in [-0.1, -0.05) is 24.3 Å². The fourth-order valence-electron chi connectivity index (χ4n) is 2.42. The summed E-state index contributed by atoms with van der Waals surface area (Å²) in [6.07, 6.45) is 0. The van der Waals surface area contributed by atoms with Crippen molar-refractivity contribution < 1.29 is 9.50 Å². The Balaban J connectivity index is 1.92. The van der Waals surface area contributed by atoms with E-state index in [2.05, 4.69) is 17.0 Å². The molecule has 1 N–H and O–H groups in total. The van der Waals surface area contributed by atoms with E-state index in [1.165, 1.54) is 23.3 Å². The average molecular weight is 243 g/mol.